The van der Waals surface area contributed by atoms with Gasteiger partial charge in [0.2, 0.25) is 12.7 Å². The standard InChI is InChI=1S/C18H16N4O4/c1-2-14(22-18(24)12-5-3-4-6-13(12)20-21-22)17(23)19-11-7-8-15-16(9-11)26-10-25-15/h3-9,14H,2,10H2,1H3,(H,19,23)/t14-/m0/s1. The smallest absolute Gasteiger partial charge is 0.278 e. The van der Waals surface area contributed by atoms with Crippen molar-refractivity contribution >= 4 is 22.5 Å². The zero-order chi connectivity index (χ0) is 18.1. The molecule has 0 spiro atoms. The number of hydrogen-bond donors (Lipinski definition) is 1. The van der Waals surface area contributed by atoms with E-state index in [9.17, 15) is 9.59 Å². The lowest BCUT2D eigenvalue weighted by Gasteiger charge is -2.16. The van der Waals surface area contributed by atoms with Gasteiger partial charge >= 0.3 is 0 Å². The molecular weight excluding hydrogens is 336 g/mol. The van der Waals surface area contributed by atoms with Gasteiger partial charge in [0, 0.05) is 11.8 Å². The lowest BCUT2D eigenvalue weighted by molar-refractivity contribution is -0.119. The molecule has 0 aliphatic carbocycles. The van der Waals surface area contributed by atoms with Gasteiger partial charge in [0.05, 0.1) is 5.39 Å². The third-order valence-electron chi connectivity index (χ3n) is 4.22. The van der Waals surface area contributed by atoms with E-state index < -0.39 is 6.04 Å². The average Bonchev–Trinajstić information content (AvgIpc) is 3.12. The second kappa shape index (κ2) is 6.47. The number of nitrogens with zero attached hydrogens (tertiary/aromatic N) is 3. The van der Waals surface area contributed by atoms with E-state index >= 15 is 0 Å². The van der Waals surface area contributed by atoms with Crippen molar-refractivity contribution in [3.8, 4) is 11.5 Å². The zero-order valence-corrected chi connectivity index (χ0v) is 14.0. The summed E-state index contributed by atoms with van der Waals surface area (Å²) in [4.78, 5) is 25.4. The Morgan fingerprint density at radius 1 is 1.23 bits per heavy atom. The number of carbonyl (C=O) groups is 1. The predicted molar refractivity (Wildman–Crippen MR) is 94.3 cm³/mol. The van der Waals surface area contributed by atoms with Crippen LogP contribution in [0.1, 0.15) is 19.4 Å². The highest BCUT2D eigenvalue weighted by molar-refractivity contribution is 5.94. The first kappa shape index (κ1) is 16.1. The molecule has 1 aliphatic rings. The third-order valence-corrected chi connectivity index (χ3v) is 4.22. The molecule has 3 aromatic rings. The van der Waals surface area contributed by atoms with Crippen LogP contribution in [0.25, 0.3) is 10.9 Å². The Hall–Kier alpha value is -3.42. The summed E-state index contributed by atoms with van der Waals surface area (Å²) in [5.74, 6) is 0.850. The molecule has 4 rings (SSSR count). The predicted octanol–water partition coefficient (Wildman–Crippen LogP) is 2.11. The van der Waals surface area contributed by atoms with Gasteiger partial charge in [-0.15, -0.1) is 5.10 Å². The largest absolute Gasteiger partial charge is 0.454 e. The Kier molecular flexibility index (Phi) is 4.00. The number of anilines is 1. The van der Waals surface area contributed by atoms with Crippen LogP contribution in [0, 0.1) is 0 Å². The number of aromatic nitrogens is 3. The minimum absolute atomic E-state index is 0.159. The number of ether oxygens (including phenoxy) is 2. The summed E-state index contributed by atoms with van der Waals surface area (Å²) in [6.07, 6.45) is 0.392. The molecule has 8 heteroatoms. The topological polar surface area (TPSA) is 95.3 Å². The fourth-order valence-corrected chi connectivity index (χ4v) is 2.88. The molecule has 26 heavy (non-hydrogen) atoms. The van der Waals surface area contributed by atoms with E-state index in [-0.39, 0.29) is 18.3 Å². The molecule has 1 aliphatic heterocycles. The van der Waals surface area contributed by atoms with Crippen LogP contribution in [-0.4, -0.2) is 27.7 Å². The second-order valence-electron chi connectivity index (χ2n) is 5.84. The molecule has 1 amide bonds. The van der Waals surface area contributed by atoms with E-state index in [0.29, 0.717) is 34.5 Å². The maximum absolute atomic E-state index is 12.7. The molecule has 0 radical (unpaired) electrons. The molecule has 132 valence electrons. The quantitative estimate of drug-likeness (QED) is 0.773. The Morgan fingerprint density at radius 3 is 2.88 bits per heavy atom. The molecule has 1 aromatic heterocycles. The molecule has 0 fully saturated rings. The number of carbonyl (C=O) groups excluding carboxylic acids is 1. The molecular formula is C18H16N4O4. The van der Waals surface area contributed by atoms with Crippen molar-refractivity contribution in [1.29, 1.82) is 0 Å². The fourth-order valence-electron chi connectivity index (χ4n) is 2.88. The van der Waals surface area contributed by atoms with Gasteiger partial charge in [0.25, 0.3) is 5.56 Å². The molecule has 2 heterocycles. The monoisotopic (exact) mass is 352 g/mol. The molecule has 8 nitrogen and oxygen atoms in total. The van der Waals surface area contributed by atoms with Crippen LogP contribution in [0.2, 0.25) is 0 Å². The summed E-state index contributed by atoms with van der Waals surface area (Å²) < 4.78 is 11.7. The van der Waals surface area contributed by atoms with Crippen LogP contribution in [0.4, 0.5) is 5.69 Å². The Morgan fingerprint density at radius 2 is 2.04 bits per heavy atom. The summed E-state index contributed by atoms with van der Waals surface area (Å²) in [6.45, 7) is 1.97. The average molecular weight is 352 g/mol. The van der Waals surface area contributed by atoms with E-state index in [4.69, 9.17) is 9.47 Å². The first-order valence-electron chi connectivity index (χ1n) is 8.22. The maximum atomic E-state index is 12.7. The highest BCUT2D eigenvalue weighted by Gasteiger charge is 2.23. The highest BCUT2D eigenvalue weighted by atomic mass is 16.7. The molecule has 0 unspecified atom stereocenters. The van der Waals surface area contributed by atoms with Crippen molar-refractivity contribution in [2.45, 2.75) is 19.4 Å². The number of benzene rings is 2. The van der Waals surface area contributed by atoms with Gasteiger partial charge in [-0.1, -0.05) is 24.3 Å². The first-order chi connectivity index (χ1) is 12.7. The van der Waals surface area contributed by atoms with Crippen molar-refractivity contribution in [3.05, 3.63) is 52.8 Å². The van der Waals surface area contributed by atoms with Crippen molar-refractivity contribution in [2.75, 3.05) is 12.1 Å². The normalized spacial score (nSPS) is 13.6. The minimum Gasteiger partial charge on any atom is -0.454 e. The van der Waals surface area contributed by atoms with Crippen LogP contribution < -0.4 is 20.3 Å². The zero-order valence-electron chi connectivity index (χ0n) is 14.0. The number of rotatable bonds is 4. The molecule has 1 atom stereocenters. The van der Waals surface area contributed by atoms with Gasteiger partial charge < -0.3 is 14.8 Å². The molecule has 0 bridgehead atoms. The fraction of sp³-hybridized carbons (Fsp3) is 0.222. The lowest BCUT2D eigenvalue weighted by Crippen LogP contribution is -2.35. The maximum Gasteiger partial charge on any atom is 0.278 e. The van der Waals surface area contributed by atoms with Crippen LogP contribution >= 0.6 is 0 Å². The van der Waals surface area contributed by atoms with Gasteiger partial charge in [-0.3, -0.25) is 9.59 Å². The van der Waals surface area contributed by atoms with Gasteiger partial charge in [-0.05, 0) is 30.7 Å². The number of hydrogen-bond acceptors (Lipinski definition) is 6. The van der Waals surface area contributed by atoms with Crippen molar-refractivity contribution in [3.63, 3.8) is 0 Å². The first-order valence-corrected chi connectivity index (χ1v) is 8.22. The molecule has 0 saturated carbocycles. The van der Waals surface area contributed by atoms with Crippen LogP contribution in [0.15, 0.2) is 47.3 Å². The number of nitrogens with one attached hydrogen (secondary N) is 1. The van der Waals surface area contributed by atoms with Gasteiger partial charge in [0.15, 0.2) is 11.5 Å². The van der Waals surface area contributed by atoms with E-state index in [1.807, 2.05) is 6.92 Å². The van der Waals surface area contributed by atoms with Crippen LogP contribution in [0.3, 0.4) is 0 Å². The molecule has 2 aromatic carbocycles. The van der Waals surface area contributed by atoms with Crippen molar-refractivity contribution in [2.24, 2.45) is 0 Å². The van der Waals surface area contributed by atoms with Gasteiger partial charge in [-0.2, -0.15) is 4.68 Å². The third kappa shape index (κ3) is 2.75. The summed E-state index contributed by atoms with van der Waals surface area (Å²) in [5.41, 5.74) is 0.711. The Bertz CT molecular complexity index is 1050. The van der Waals surface area contributed by atoms with Gasteiger partial charge in [0.1, 0.15) is 11.6 Å². The minimum atomic E-state index is -0.773. The summed E-state index contributed by atoms with van der Waals surface area (Å²) in [7, 11) is 0. The Labute approximate surface area is 148 Å². The van der Waals surface area contributed by atoms with E-state index in [1.54, 1.807) is 42.5 Å². The number of fused-ring (bicyclic) bond motifs is 2. The second-order valence-corrected chi connectivity index (χ2v) is 5.84. The summed E-state index contributed by atoms with van der Waals surface area (Å²) >= 11 is 0. The molecule has 1 N–H and O–H groups in total. The van der Waals surface area contributed by atoms with E-state index in [2.05, 4.69) is 15.6 Å². The summed E-state index contributed by atoms with van der Waals surface area (Å²) in [5, 5.41) is 11.2. The number of amides is 1. The van der Waals surface area contributed by atoms with E-state index in [1.165, 1.54) is 0 Å². The summed E-state index contributed by atoms with van der Waals surface area (Å²) in [6, 6.07) is 11.3. The van der Waals surface area contributed by atoms with Crippen LogP contribution in [-0.2, 0) is 4.79 Å². The van der Waals surface area contributed by atoms with E-state index in [0.717, 1.165) is 4.68 Å². The lowest BCUT2D eigenvalue weighted by atomic mass is 10.2. The van der Waals surface area contributed by atoms with Crippen LogP contribution in [0.5, 0.6) is 11.5 Å². The SMILES string of the molecule is CC[C@@H](C(=O)Nc1ccc2c(c1)OCO2)n1nnc2ccccc2c1=O. The Balaban J connectivity index is 1.64. The highest BCUT2D eigenvalue weighted by Crippen LogP contribution is 2.34. The van der Waals surface area contributed by atoms with Crippen molar-refractivity contribution in [1.82, 2.24) is 15.0 Å². The van der Waals surface area contributed by atoms with Gasteiger partial charge in [-0.25, -0.2) is 0 Å². The molecule has 0 saturated heterocycles. The van der Waals surface area contributed by atoms with Crippen molar-refractivity contribution < 1.29 is 14.3 Å².